The molecule has 0 aliphatic carbocycles. The fraction of sp³-hybridized carbons (Fsp3) is 0.562. The van der Waals surface area contributed by atoms with Gasteiger partial charge in [0.1, 0.15) is 0 Å². The van der Waals surface area contributed by atoms with E-state index in [0.29, 0.717) is 30.2 Å². The predicted octanol–water partition coefficient (Wildman–Crippen LogP) is 3.21. The number of hydrogen-bond donors (Lipinski definition) is 1. The van der Waals surface area contributed by atoms with E-state index >= 15 is 0 Å². The molecule has 26 heavy (non-hydrogen) atoms. The van der Waals surface area contributed by atoms with E-state index in [9.17, 15) is 18.0 Å². The number of alkyl halides is 3. The zero-order valence-corrected chi connectivity index (χ0v) is 15.5. The third kappa shape index (κ3) is 5.23. The van der Waals surface area contributed by atoms with Crippen molar-refractivity contribution in [3.8, 4) is 0 Å². The molecule has 2 heterocycles. The molecule has 0 saturated heterocycles. The van der Waals surface area contributed by atoms with Crippen molar-refractivity contribution in [1.82, 2.24) is 24.9 Å². The minimum Gasteiger partial charge on any atom is -0.356 e. The van der Waals surface area contributed by atoms with Crippen molar-refractivity contribution in [1.29, 1.82) is 0 Å². The average molecular weight is 392 g/mol. The lowest BCUT2D eigenvalue weighted by atomic mass is 10.1. The van der Waals surface area contributed by atoms with Crippen molar-refractivity contribution < 1.29 is 18.0 Å². The summed E-state index contributed by atoms with van der Waals surface area (Å²) in [6, 6.07) is 0.974. The Bertz CT molecular complexity index is 749. The van der Waals surface area contributed by atoms with Crippen LogP contribution < -0.4 is 5.32 Å². The molecule has 2 aromatic heterocycles. The predicted molar refractivity (Wildman–Crippen MR) is 90.7 cm³/mol. The largest absolute Gasteiger partial charge is 0.435 e. The Morgan fingerprint density at radius 3 is 2.58 bits per heavy atom. The van der Waals surface area contributed by atoms with Crippen LogP contribution in [0.15, 0.2) is 12.3 Å². The maximum atomic E-state index is 12.7. The number of aromatic nitrogens is 4. The molecule has 0 fully saturated rings. The van der Waals surface area contributed by atoms with Crippen LogP contribution >= 0.6 is 11.6 Å². The molecule has 1 N–H and O–H groups in total. The van der Waals surface area contributed by atoms with Gasteiger partial charge in [0.15, 0.2) is 5.69 Å². The molecular weight excluding hydrogens is 371 g/mol. The Balaban J connectivity index is 1.79. The molecular formula is C16H21ClF3N5O. The van der Waals surface area contributed by atoms with Gasteiger partial charge in [0, 0.05) is 25.0 Å². The molecule has 10 heteroatoms. The van der Waals surface area contributed by atoms with Gasteiger partial charge in [-0.15, -0.1) is 0 Å². The quantitative estimate of drug-likeness (QED) is 0.737. The highest BCUT2D eigenvalue weighted by Crippen LogP contribution is 2.28. The first kappa shape index (κ1) is 20.3. The Labute approximate surface area is 154 Å². The van der Waals surface area contributed by atoms with Crippen LogP contribution in [0.3, 0.4) is 0 Å². The molecule has 1 unspecified atom stereocenters. The number of nitrogens with one attached hydrogen (secondary N) is 1. The number of halogens is 4. The highest BCUT2D eigenvalue weighted by atomic mass is 35.5. The smallest absolute Gasteiger partial charge is 0.356 e. The van der Waals surface area contributed by atoms with Crippen LogP contribution in [0.5, 0.6) is 0 Å². The molecule has 0 saturated carbocycles. The Morgan fingerprint density at radius 1 is 1.35 bits per heavy atom. The highest BCUT2D eigenvalue weighted by Gasteiger charge is 2.34. The van der Waals surface area contributed by atoms with Gasteiger partial charge >= 0.3 is 6.18 Å². The molecule has 2 aromatic rings. The van der Waals surface area contributed by atoms with Gasteiger partial charge in [0.2, 0.25) is 5.91 Å². The van der Waals surface area contributed by atoms with Crippen LogP contribution in [0.2, 0.25) is 5.02 Å². The molecule has 0 radical (unpaired) electrons. The number of nitrogens with zero attached hydrogens (tertiary/aromatic N) is 4. The van der Waals surface area contributed by atoms with E-state index in [4.69, 9.17) is 11.6 Å². The Morgan fingerprint density at radius 2 is 2.04 bits per heavy atom. The first-order chi connectivity index (χ1) is 12.1. The standard InChI is InChI=1S/C16H21ClF3N5O/c1-10(8-25-11(2)7-14(23-25)16(18,19)20)15(26)21-5-4-6-24-9-13(17)12(3)22-24/h7,9-10H,4-6,8H2,1-3H3,(H,21,26). The second-order valence-electron chi connectivity index (χ2n) is 6.22. The van der Waals surface area contributed by atoms with Crippen molar-refractivity contribution >= 4 is 17.5 Å². The van der Waals surface area contributed by atoms with Gasteiger partial charge < -0.3 is 5.32 Å². The van der Waals surface area contributed by atoms with Gasteiger partial charge in [-0.25, -0.2) is 0 Å². The summed E-state index contributed by atoms with van der Waals surface area (Å²) in [5.41, 5.74) is 0.163. The molecule has 1 amide bonds. The summed E-state index contributed by atoms with van der Waals surface area (Å²) in [6.07, 6.45) is -2.11. The lowest BCUT2D eigenvalue weighted by molar-refractivity contribution is -0.141. The maximum Gasteiger partial charge on any atom is 0.435 e. The monoisotopic (exact) mass is 391 g/mol. The highest BCUT2D eigenvalue weighted by molar-refractivity contribution is 6.31. The van der Waals surface area contributed by atoms with Crippen LogP contribution in [0.4, 0.5) is 13.2 Å². The zero-order chi connectivity index (χ0) is 19.5. The van der Waals surface area contributed by atoms with Crippen molar-refractivity contribution in [3.05, 3.63) is 34.4 Å². The summed E-state index contributed by atoms with van der Waals surface area (Å²) in [4.78, 5) is 12.1. The molecule has 1 atom stereocenters. The summed E-state index contributed by atoms with van der Waals surface area (Å²) < 4.78 is 41.0. The van der Waals surface area contributed by atoms with E-state index in [2.05, 4.69) is 15.5 Å². The van der Waals surface area contributed by atoms with Crippen molar-refractivity contribution in [2.45, 2.75) is 46.5 Å². The Kier molecular flexibility index (Phi) is 6.33. The first-order valence-electron chi connectivity index (χ1n) is 8.17. The summed E-state index contributed by atoms with van der Waals surface area (Å²) >= 11 is 5.92. The average Bonchev–Trinajstić information content (AvgIpc) is 3.06. The summed E-state index contributed by atoms with van der Waals surface area (Å²) in [5, 5.41) is 11.1. The van der Waals surface area contributed by atoms with Gasteiger partial charge in [0.25, 0.3) is 0 Å². The minimum absolute atomic E-state index is 0.0850. The first-order valence-corrected chi connectivity index (χ1v) is 8.54. The lowest BCUT2D eigenvalue weighted by Crippen LogP contribution is -2.33. The summed E-state index contributed by atoms with van der Waals surface area (Å²) in [6.45, 7) is 6.12. The van der Waals surface area contributed by atoms with Crippen LogP contribution in [-0.2, 0) is 24.1 Å². The van der Waals surface area contributed by atoms with E-state index in [1.165, 1.54) is 11.6 Å². The van der Waals surface area contributed by atoms with Crippen molar-refractivity contribution in [2.75, 3.05) is 6.54 Å². The molecule has 144 valence electrons. The second kappa shape index (κ2) is 8.11. The SMILES string of the molecule is Cc1nn(CCCNC(=O)C(C)Cn2nc(C(F)(F)F)cc2C)cc1Cl. The number of carbonyl (C=O) groups is 1. The minimum atomic E-state index is -4.49. The Hall–Kier alpha value is -2.03. The topological polar surface area (TPSA) is 64.7 Å². The second-order valence-corrected chi connectivity index (χ2v) is 6.63. The van der Waals surface area contributed by atoms with Gasteiger partial charge in [-0.05, 0) is 26.3 Å². The third-order valence-corrected chi connectivity index (χ3v) is 4.29. The summed E-state index contributed by atoms with van der Waals surface area (Å²) in [5.74, 6) is -0.737. The molecule has 6 nitrogen and oxygen atoms in total. The van der Waals surface area contributed by atoms with E-state index in [-0.39, 0.29) is 12.5 Å². The number of carbonyl (C=O) groups excluding carboxylic acids is 1. The van der Waals surface area contributed by atoms with Gasteiger partial charge in [0.05, 0.1) is 23.2 Å². The van der Waals surface area contributed by atoms with Crippen LogP contribution in [0.25, 0.3) is 0 Å². The lowest BCUT2D eigenvalue weighted by Gasteiger charge is -2.13. The molecule has 0 aromatic carbocycles. The molecule has 0 bridgehead atoms. The van der Waals surface area contributed by atoms with Crippen LogP contribution in [0.1, 0.15) is 30.4 Å². The molecule has 2 rings (SSSR count). The van der Waals surface area contributed by atoms with Crippen molar-refractivity contribution in [3.63, 3.8) is 0 Å². The van der Waals surface area contributed by atoms with Crippen LogP contribution in [0, 0.1) is 19.8 Å². The van der Waals surface area contributed by atoms with Gasteiger partial charge in [-0.2, -0.15) is 23.4 Å². The number of rotatable bonds is 7. The van der Waals surface area contributed by atoms with Gasteiger partial charge in [-0.1, -0.05) is 18.5 Å². The number of aryl methyl sites for hydroxylation is 3. The van der Waals surface area contributed by atoms with Crippen LogP contribution in [-0.4, -0.2) is 32.0 Å². The molecule has 0 aliphatic heterocycles. The third-order valence-electron chi connectivity index (χ3n) is 3.92. The van der Waals surface area contributed by atoms with E-state index in [1.807, 2.05) is 6.92 Å². The van der Waals surface area contributed by atoms with Crippen molar-refractivity contribution in [2.24, 2.45) is 5.92 Å². The van der Waals surface area contributed by atoms with Gasteiger partial charge in [-0.3, -0.25) is 14.2 Å². The zero-order valence-electron chi connectivity index (χ0n) is 14.8. The maximum absolute atomic E-state index is 12.7. The number of amides is 1. The molecule has 0 spiro atoms. The normalized spacial score (nSPS) is 13.0. The fourth-order valence-corrected chi connectivity index (χ4v) is 2.56. The molecule has 0 aliphatic rings. The van der Waals surface area contributed by atoms with E-state index in [0.717, 1.165) is 11.8 Å². The summed E-state index contributed by atoms with van der Waals surface area (Å²) in [7, 11) is 0. The fourth-order valence-electron chi connectivity index (χ4n) is 2.41. The number of hydrogen-bond acceptors (Lipinski definition) is 3. The van der Waals surface area contributed by atoms with E-state index in [1.54, 1.807) is 17.8 Å². The van der Waals surface area contributed by atoms with E-state index < -0.39 is 17.8 Å².